The monoisotopic (exact) mass is 194 g/mol. The first kappa shape index (κ1) is 8.55. The Balaban J connectivity index is 2.68. The summed E-state index contributed by atoms with van der Waals surface area (Å²) < 4.78 is 9.14. The van der Waals surface area contributed by atoms with Crippen LogP contribution < -0.4 is 4.74 Å². The van der Waals surface area contributed by atoms with Crippen LogP contribution >= 0.6 is 0 Å². The van der Waals surface area contributed by atoms with E-state index in [0.717, 1.165) is 0 Å². The lowest BCUT2D eigenvalue weighted by atomic mass is 10.1. The first-order chi connectivity index (χ1) is 6.63. The van der Waals surface area contributed by atoms with Crippen molar-refractivity contribution >= 4 is 11.9 Å². The Morgan fingerprint density at radius 1 is 1.29 bits per heavy atom. The summed E-state index contributed by atoms with van der Waals surface area (Å²) in [7, 11) is 1.39. The van der Waals surface area contributed by atoms with Crippen LogP contribution in [0.2, 0.25) is 0 Å². The minimum absolute atomic E-state index is 0.0341. The standard InChI is InChI=1S/C9H6O5/c1-13-4-2-5-7(6(10)3-4)9(12)14-8(5)11/h2-3,10H,1H3. The van der Waals surface area contributed by atoms with Crippen molar-refractivity contribution in [3.63, 3.8) is 0 Å². The summed E-state index contributed by atoms with van der Waals surface area (Å²) >= 11 is 0. The van der Waals surface area contributed by atoms with Crippen LogP contribution in [0.1, 0.15) is 20.7 Å². The van der Waals surface area contributed by atoms with Crippen molar-refractivity contribution < 1.29 is 24.2 Å². The number of phenols is 1. The summed E-state index contributed by atoms with van der Waals surface area (Å²) in [6.07, 6.45) is 0. The maximum atomic E-state index is 11.1. The van der Waals surface area contributed by atoms with Crippen LogP contribution in [0.5, 0.6) is 11.5 Å². The highest BCUT2D eigenvalue weighted by Crippen LogP contribution is 2.32. The van der Waals surface area contributed by atoms with E-state index in [0.29, 0.717) is 5.75 Å². The zero-order valence-electron chi connectivity index (χ0n) is 7.23. The lowest BCUT2D eigenvalue weighted by Crippen LogP contribution is -1.97. The number of esters is 2. The van der Waals surface area contributed by atoms with Crippen molar-refractivity contribution in [2.45, 2.75) is 0 Å². The van der Waals surface area contributed by atoms with Crippen LogP contribution in [0, 0.1) is 0 Å². The molecule has 1 aromatic rings. The maximum Gasteiger partial charge on any atom is 0.350 e. The van der Waals surface area contributed by atoms with E-state index < -0.39 is 11.9 Å². The average Bonchev–Trinajstić information content (AvgIpc) is 2.42. The smallest absolute Gasteiger partial charge is 0.350 e. The summed E-state index contributed by atoms with van der Waals surface area (Å²) in [5.41, 5.74) is -0.0670. The summed E-state index contributed by atoms with van der Waals surface area (Å²) in [6, 6.07) is 2.60. The fraction of sp³-hybridized carbons (Fsp3) is 0.111. The molecule has 0 aliphatic carbocycles. The van der Waals surface area contributed by atoms with Crippen LogP contribution in [-0.4, -0.2) is 24.2 Å². The molecular formula is C9H6O5. The number of methoxy groups -OCH3 is 1. The van der Waals surface area contributed by atoms with Gasteiger partial charge in [-0.15, -0.1) is 0 Å². The second-order valence-electron chi connectivity index (χ2n) is 2.75. The Morgan fingerprint density at radius 2 is 2.00 bits per heavy atom. The molecule has 1 aliphatic rings. The molecule has 0 spiro atoms. The van der Waals surface area contributed by atoms with E-state index in [1.54, 1.807) is 0 Å². The SMILES string of the molecule is COc1cc(O)c2c(c1)C(=O)OC2=O. The molecule has 0 radical (unpaired) electrons. The highest BCUT2D eigenvalue weighted by atomic mass is 16.6. The number of rotatable bonds is 1. The van der Waals surface area contributed by atoms with E-state index in [-0.39, 0.29) is 16.9 Å². The fourth-order valence-corrected chi connectivity index (χ4v) is 1.28. The van der Waals surface area contributed by atoms with E-state index in [1.165, 1.54) is 19.2 Å². The first-order valence-corrected chi connectivity index (χ1v) is 3.81. The van der Waals surface area contributed by atoms with E-state index in [9.17, 15) is 14.7 Å². The molecule has 2 rings (SSSR count). The van der Waals surface area contributed by atoms with Crippen LogP contribution in [0.25, 0.3) is 0 Å². The van der Waals surface area contributed by atoms with Crippen molar-refractivity contribution in [1.29, 1.82) is 0 Å². The molecule has 5 heteroatoms. The molecule has 1 heterocycles. The molecule has 0 atom stereocenters. The van der Waals surface area contributed by atoms with E-state index in [2.05, 4.69) is 4.74 Å². The normalized spacial score (nSPS) is 13.8. The van der Waals surface area contributed by atoms with E-state index in [1.807, 2.05) is 0 Å². The van der Waals surface area contributed by atoms with Crippen molar-refractivity contribution in [1.82, 2.24) is 0 Å². The minimum atomic E-state index is -0.829. The maximum absolute atomic E-state index is 11.1. The molecule has 0 bridgehead atoms. The predicted octanol–water partition coefficient (Wildman–Crippen LogP) is 0.711. The number of fused-ring (bicyclic) bond motifs is 1. The molecular weight excluding hydrogens is 188 g/mol. The summed E-state index contributed by atoms with van der Waals surface area (Å²) in [4.78, 5) is 22.1. The van der Waals surface area contributed by atoms with Gasteiger partial charge in [0, 0.05) is 6.07 Å². The van der Waals surface area contributed by atoms with Crippen LogP contribution in [0.4, 0.5) is 0 Å². The van der Waals surface area contributed by atoms with Gasteiger partial charge in [0.1, 0.15) is 17.1 Å². The number of cyclic esters (lactones) is 2. The predicted molar refractivity (Wildman–Crippen MR) is 44.4 cm³/mol. The Morgan fingerprint density at radius 3 is 2.64 bits per heavy atom. The number of benzene rings is 1. The third kappa shape index (κ3) is 1.02. The minimum Gasteiger partial charge on any atom is -0.507 e. The van der Waals surface area contributed by atoms with E-state index >= 15 is 0 Å². The second kappa shape index (κ2) is 2.73. The number of hydrogen-bond donors (Lipinski definition) is 1. The van der Waals surface area contributed by atoms with Gasteiger partial charge in [-0.3, -0.25) is 0 Å². The molecule has 0 saturated heterocycles. The van der Waals surface area contributed by atoms with Gasteiger partial charge >= 0.3 is 11.9 Å². The van der Waals surface area contributed by atoms with Gasteiger partial charge in [-0.2, -0.15) is 0 Å². The number of aromatic hydroxyl groups is 1. The number of hydrogen-bond acceptors (Lipinski definition) is 5. The molecule has 0 fully saturated rings. The van der Waals surface area contributed by atoms with Crippen molar-refractivity contribution in [3.05, 3.63) is 23.3 Å². The average molecular weight is 194 g/mol. The van der Waals surface area contributed by atoms with Crippen LogP contribution in [0.3, 0.4) is 0 Å². The number of ether oxygens (including phenoxy) is 2. The molecule has 0 saturated carbocycles. The third-order valence-electron chi connectivity index (χ3n) is 1.94. The molecule has 1 aromatic carbocycles. The Hall–Kier alpha value is -2.04. The van der Waals surface area contributed by atoms with Gasteiger partial charge in [-0.1, -0.05) is 0 Å². The third-order valence-corrected chi connectivity index (χ3v) is 1.94. The van der Waals surface area contributed by atoms with Crippen molar-refractivity contribution in [2.24, 2.45) is 0 Å². The first-order valence-electron chi connectivity index (χ1n) is 3.81. The molecule has 1 N–H and O–H groups in total. The summed E-state index contributed by atoms with van der Waals surface area (Å²) in [5, 5.41) is 9.40. The van der Waals surface area contributed by atoms with Crippen LogP contribution in [-0.2, 0) is 4.74 Å². The van der Waals surface area contributed by atoms with Gasteiger partial charge in [-0.05, 0) is 6.07 Å². The topological polar surface area (TPSA) is 72.8 Å². The molecule has 0 amide bonds. The second-order valence-corrected chi connectivity index (χ2v) is 2.75. The lowest BCUT2D eigenvalue weighted by Gasteiger charge is -2.02. The Bertz CT molecular complexity index is 435. The Kier molecular flexibility index (Phi) is 1.67. The zero-order valence-corrected chi connectivity index (χ0v) is 7.23. The molecule has 14 heavy (non-hydrogen) atoms. The van der Waals surface area contributed by atoms with Crippen molar-refractivity contribution in [2.75, 3.05) is 7.11 Å². The van der Waals surface area contributed by atoms with E-state index in [4.69, 9.17) is 4.74 Å². The molecule has 5 nitrogen and oxygen atoms in total. The van der Waals surface area contributed by atoms with Gasteiger partial charge in [-0.25, -0.2) is 9.59 Å². The van der Waals surface area contributed by atoms with Crippen LogP contribution in [0.15, 0.2) is 12.1 Å². The Labute approximate surface area is 78.9 Å². The molecule has 1 aliphatic heterocycles. The lowest BCUT2D eigenvalue weighted by molar-refractivity contribution is 0.0443. The largest absolute Gasteiger partial charge is 0.507 e. The summed E-state index contributed by atoms with van der Waals surface area (Å²) in [6.45, 7) is 0. The summed E-state index contributed by atoms with van der Waals surface area (Å²) in [5.74, 6) is -1.60. The molecule has 0 unspecified atom stereocenters. The van der Waals surface area contributed by atoms with Gasteiger partial charge in [0.15, 0.2) is 0 Å². The van der Waals surface area contributed by atoms with Crippen molar-refractivity contribution in [3.8, 4) is 11.5 Å². The highest BCUT2D eigenvalue weighted by Gasteiger charge is 2.33. The van der Waals surface area contributed by atoms with Gasteiger partial charge in [0.05, 0.1) is 12.7 Å². The number of carbonyl (C=O) groups excluding carboxylic acids is 2. The van der Waals surface area contributed by atoms with Gasteiger partial charge in [0.2, 0.25) is 0 Å². The quantitative estimate of drug-likeness (QED) is 0.526. The van der Waals surface area contributed by atoms with Gasteiger partial charge < -0.3 is 14.6 Å². The zero-order chi connectivity index (χ0) is 10.3. The molecule has 0 aromatic heterocycles. The number of carbonyl (C=O) groups is 2. The molecule has 72 valence electrons. The highest BCUT2D eigenvalue weighted by molar-refractivity contribution is 6.16. The fourth-order valence-electron chi connectivity index (χ4n) is 1.28. The number of phenolic OH excluding ortho intramolecular Hbond substituents is 1. The van der Waals surface area contributed by atoms with Gasteiger partial charge in [0.25, 0.3) is 0 Å².